The molecule has 3 fully saturated rings. The number of carbonyl (C=O) groups excluding carboxylic acids is 2. The van der Waals surface area contributed by atoms with E-state index in [1.165, 1.54) is 6.20 Å². The number of aromatic amines is 1. The van der Waals surface area contributed by atoms with E-state index in [2.05, 4.69) is 45.3 Å². The maximum absolute atomic E-state index is 14.1. The molecule has 2 amide bonds. The molecule has 5 rings (SSSR count). The van der Waals surface area contributed by atoms with E-state index in [1.54, 1.807) is 0 Å². The van der Waals surface area contributed by atoms with Crippen molar-refractivity contribution >= 4 is 29.2 Å². The van der Waals surface area contributed by atoms with Crippen molar-refractivity contribution in [2.45, 2.75) is 75.7 Å². The van der Waals surface area contributed by atoms with Crippen LogP contribution in [-0.4, -0.2) is 88.2 Å². The molecule has 0 unspecified atom stereocenters. The summed E-state index contributed by atoms with van der Waals surface area (Å²) in [5, 5.41) is 20.2. The topological polar surface area (TPSA) is 180 Å². The monoisotopic (exact) mass is 726 g/mol. The molecule has 50 heavy (non-hydrogen) atoms. The van der Waals surface area contributed by atoms with Crippen LogP contribution in [0.25, 0.3) is 0 Å². The van der Waals surface area contributed by atoms with E-state index in [-0.39, 0.29) is 48.2 Å². The highest BCUT2D eigenvalue weighted by Crippen LogP contribution is 2.42. The summed E-state index contributed by atoms with van der Waals surface area (Å²) in [7, 11) is 0. The van der Waals surface area contributed by atoms with Crippen LogP contribution in [0, 0.1) is 29.1 Å². The van der Waals surface area contributed by atoms with Gasteiger partial charge in [-0.25, -0.2) is 23.4 Å². The smallest absolute Gasteiger partial charge is 0.422 e. The lowest BCUT2D eigenvalue weighted by molar-refractivity contribution is -0.183. The first-order chi connectivity index (χ1) is 23.5. The normalized spacial score (nSPS) is 23.3. The van der Waals surface area contributed by atoms with E-state index in [0.717, 1.165) is 0 Å². The number of aromatic nitrogens is 4. The van der Waals surface area contributed by atoms with Gasteiger partial charge in [0.1, 0.15) is 0 Å². The minimum absolute atomic E-state index is 0.0512. The zero-order valence-corrected chi connectivity index (χ0v) is 26.3. The number of halogens is 8. The third-order valence-electron chi connectivity index (χ3n) is 9.00. The molecule has 0 spiro atoms. The minimum Gasteiger partial charge on any atom is -0.464 e. The van der Waals surface area contributed by atoms with Crippen LogP contribution in [0.15, 0.2) is 15.8 Å². The van der Waals surface area contributed by atoms with Gasteiger partial charge in [0.2, 0.25) is 23.5 Å². The molecule has 3 aliphatic rings. The Bertz CT molecular complexity index is 1540. The molecule has 276 valence electrons. The summed E-state index contributed by atoms with van der Waals surface area (Å²) in [4.78, 5) is 37.4. The lowest BCUT2D eigenvalue weighted by Gasteiger charge is -2.33. The van der Waals surface area contributed by atoms with E-state index < -0.39 is 97.9 Å². The van der Waals surface area contributed by atoms with Crippen molar-refractivity contribution in [2.75, 3.05) is 26.4 Å². The number of carbonyl (C=O) groups is 2. The number of amides is 2. The van der Waals surface area contributed by atoms with Crippen LogP contribution >= 0.6 is 0 Å². The number of imidazole rings is 1. The average molecular weight is 727 g/mol. The van der Waals surface area contributed by atoms with Crippen LogP contribution in [0.2, 0.25) is 0 Å². The summed E-state index contributed by atoms with van der Waals surface area (Å²) in [5.74, 6) is -9.37. The fourth-order valence-electron chi connectivity index (χ4n) is 6.33. The first-order valence-corrected chi connectivity index (χ1v) is 15.8. The van der Waals surface area contributed by atoms with Gasteiger partial charge in [-0.15, -0.1) is 0 Å². The van der Waals surface area contributed by atoms with Gasteiger partial charge in [0.25, 0.3) is 11.8 Å². The number of H-pyrrole nitrogens is 1. The Balaban J connectivity index is 1.40. The molecule has 4 N–H and O–H groups in total. The number of piperidine rings is 1. The summed E-state index contributed by atoms with van der Waals surface area (Å²) in [6.07, 6.45) is -9.07. The van der Waals surface area contributed by atoms with E-state index >= 15 is 0 Å². The van der Waals surface area contributed by atoms with Crippen LogP contribution in [0.1, 0.15) is 73.6 Å². The molecule has 2 aliphatic heterocycles. The van der Waals surface area contributed by atoms with Crippen molar-refractivity contribution in [1.82, 2.24) is 30.9 Å². The zero-order chi connectivity index (χ0) is 36.3. The van der Waals surface area contributed by atoms with Gasteiger partial charge in [0.05, 0.1) is 35.3 Å². The Hall–Kier alpha value is -4.17. The van der Waals surface area contributed by atoms with Gasteiger partial charge >= 0.3 is 12.4 Å². The standard InChI is InChI=1S/C29H34F8N8O5/c30-27(31)5-1-14(2-6-27)21(42-24(47)22-25(45-50-44-22)49-13-28(32,33)34)19-12-40-26(41-19)43-20(15-3-7-48-8-4-15)18(38)10-16-9-17(29(35,36)37)11-39-23(16)46/h12,14-17,21,38H,1-11,13H2,(H,39,46)(H,40,41)(H,42,47)/b38-18?,43-20-/t16-,17-,21+/m1/s1. The lowest BCUT2D eigenvalue weighted by Crippen LogP contribution is -2.47. The minimum atomic E-state index is -4.76. The van der Waals surface area contributed by atoms with Crippen LogP contribution in [0.3, 0.4) is 0 Å². The number of hydrogen-bond acceptors (Lipinski definition) is 10. The van der Waals surface area contributed by atoms with Gasteiger partial charge in [-0.05, 0) is 48.3 Å². The molecule has 13 nitrogen and oxygen atoms in total. The van der Waals surface area contributed by atoms with E-state index in [4.69, 9.17) is 10.1 Å². The predicted molar refractivity (Wildman–Crippen MR) is 155 cm³/mol. The second kappa shape index (κ2) is 15.0. The average Bonchev–Trinajstić information content (AvgIpc) is 3.72. The number of ether oxygens (including phenoxy) is 2. The van der Waals surface area contributed by atoms with Crippen molar-refractivity contribution in [3.05, 3.63) is 17.6 Å². The largest absolute Gasteiger partial charge is 0.464 e. The van der Waals surface area contributed by atoms with Crippen molar-refractivity contribution in [3.8, 4) is 5.88 Å². The van der Waals surface area contributed by atoms with Crippen LogP contribution in [0.5, 0.6) is 5.88 Å². The molecule has 0 bridgehead atoms. The Labute approximate surface area is 278 Å². The molecule has 4 heterocycles. The van der Waals surface area contributed by atoms with Crippen molar-refractivity contribution in [2.24, 2.45) is 28.7 Å². The van der Waals surface area contributed by atoms with Gasteiger partial charge in [-0.3, -0.25) is 9.59 Å². The molecule has 1 saturated carbocycles. The first kappa shape index (κ1) is 37.1. The first-order valence-electron chi connectivity index (χ1n) is 15.8. The van der Waals surface area contributed by atoms with Crippen molar-refractivity contribution in [3.63, 3.8) is 0 Å². The van der Waals surface area contributed by atoms with Gasteiger partial charge < -0.3 is 30.5 Å². The molecule has 3 atom stereocenters. The van der Waals surface area contributed by atoms with Gasteiger partial charge in [0.15, 0.2) is 6.61 Å². The molecule has 0 radical (unpaired) electrons. The third-order valence-corrected chi connectivity index (χ3v) is 9.00. The Morgan fingerprint density at radius 2 is 1.82 bits per heavy atom. The second-order valence-corrected chi connectivity index (χ2v) is 12.6. The summed E-state index contributed by atoms with van der Waals surface area (Å²) < 4.78 is 121. The molecule has 1 aliphatic carbocycles. The Morgan fingerprint density at radius 1 is 1.12 bits per heavy atom. The van der Waals surface area contributed by atoms with Gasteiger partial charge in [-0.1, -0.05) is 0 Å². The highest BCUT2D eigenvalue weighted by molar-refractivity contribution is 6.42. The molecule has 21 heteroatoms. The molecule has 2 aromatic rings. The van der Waals surface area contributed by atoms with Crippen molar-refractivity contribution < 1.29 is 58.8 Å². The van der Waals surface area contributed by atoms with Crippen molar-refractivity contribution in [1.29, 1.82) is 5.41 Å². The van der Waals surface area contributed by atoms with Crippen LogP contribution < -0.4 is 15.4 Å². The van der Waals surface area contributed by atoms with E-state index in [1.807, 2.05) is 0 Å². The molecule has 2 aromatic heterocycles. The number of nitrogens with zero attached hydrogens (tertiary/aromatic N) is 4. The van der Waals surface area contributed by atoms with E-state index in [9.17, 15) is 44.7 Å². The SMILES string of the molecule is N=C(C[C@H]1C[C@@H](C(F)(F)F)CNC1=O)/C(=N\c1ncc([C@@H](NC(=O)c2nonc2OCC(F)(F)F)C2CCC(F)(F)CC2)[nH]1)C1CCOCC1. The summed E-state index contributed by atoms with van der Waals surface area (Å²) in [6.45, 7) is -1.68. The number of nitrogens with one attached hydrogen (secondary N) is 4. The maximum atomic E-state index is 14.1. The molecular weight excluding hydrogens is 692 g/mol. The number of hydrogen-bond donors (Lipinski definition) is 4. The lowest BCUT2D eigenvalue weighted by atomic mass is 9.81. The number of alkyl halides is 8. The second-order valence-electron chi connectivity index (χ2n) is 12.6. The van der Waals surface area contributed by atoms with Crippen LogP contribution in [-0.2, 0) is 9.53 Å². The molecule has 0 aromatic carbocycles. The van der Waals surface area contributed by atoms with Gasteiger partial charge in [0, 0.05) is 50.9 Å². The number of rotatable bonds is 11. The quantitative estimate of drug-likeness (QED) is 0.179. The zero-order valence-electron chi connectivity index (χ0n) is 26.3. The summed E-state index contributed by atoms with van der Waals surface area (Å²) in [6, 6.07) is -1.06. The van der Waals surface area contributed by atoms with E-state index in [0.29, 0.717) is 26.1 Å². The fraction of sp³-hybridized carbons (Fsp3) is 0.690. The Kier molecular flexibility index (Phi) is 11.1. The predicted octanol–water partition coefficient (Wildman–Crippen LogP) is 5.25. The van der Waals surface area contributed by atoms with Crippen LogP contribution in [0.4, 0.5) is 41.1 Å². The summed E-state index contributed by atoms with van der Waals surface area (Å²) in [5.41, 5.74) is -0.525. The highest BCUT2D eigenvalue weighted by atomic mass is 19.4. The van der Waals surface area contributed by atoms with Gasteiger partial charge in [-0.2, -0.15) is 26.3 Å². The Morgan fingerprint density at radius 3 is 2.48 bits per heavy atom. The summed E-state index contributed by atoms with van der Waals surface area (Å²) >= 11 is 0. The number of aliphatic imine (C=N–C) groups is 1. The maximum Gasteiger partial charge on any atom is 0.422 e. The fourth-order valence-corrected chi connectivity index (χ4v) is 6.33. The highest BCUT2D eigenvalue weighted by Gasteiger charge is 2.45. The molecular formula is C29H34F8N8O5. The third kappa shape index (κ3) is 9.53. The molecule has 2 saturated heterocycles.